The number of nitrogens with one attached hydrogen (secondary N) is 1. The van der Waals surface area contributed by atoms with Crippen molar-refractivity contribution in [2.45, 2.75) is 39.1 Å². The largest absolute Gasteiger partial charge is 0.479 e. The maximum atomic E-state index is 12.0. The van der Waals surface area contributed by atoms with Crippen molar-refractivity contribution in [3.8, 4) is 0 Å². The molecule has 0 heterocycles. The average Bonchev–Trinajstić information content (AvgIpc) is 2.67. The molecule has 2 N–H and O–H groups in total. The molecule has 0 aliphatic heterocycles. The SMILES string of the molecule is CC(C)OC(Cc1ccc(COC(=O)Nc2ccc(N(C)C)cc2)cc1)C(=O)O. The Morgan fingerprint density at radius 2 is 1.59 bits per heavy atom. The summed E-state index contributed by atoms with van der Waals surface area (Å²) in [5, 5.41) is 11.9. The molecule has 0 aliphatic rings. The predicted octanol–water partition coefficient (Wildman–Crippen LogP) is 3.92. The molecule has 0 spiro atoms. The first kappa shape index (κ1) is 22.2. The van der Waals surface area contributed by atoms with Crippen LogP contribution in [0.2, 0.25) is 0 Å². The van der Waals surface area contributed by atoms with Gasteiger partial charge in [0.2, 0.25) is 0 Å². The van der Waals surface area contributed by atoms with Gasteiger partial charge in [-0.2, -0.15) is 0 Å². The quantitative estimate of drug-likeness (QED) is 0.663. The summed E-state index contributed by atoms with van der Waals surface area (Å²) in [6, 6.07) is 14.7. The highest BCUT2D eigenvalue weighted by Crippen LogP contribution is 2.16. The highest BCUT2D eigenvalue weighted by atomic mass is 16.5. The second kappa shape index (κ2) is 10.5. The van der Waals surface area contributed by atoms with E-state index in [0.29, 0.717) is 5.69 Å². The summed E-state index contributed by atoms with van der Waals surface area (Å²) >= 11 is 0. The molecule has 0 saturated heterocycles. The standard InChI is InChI=1S/C22H28N2O5/c1-15(2)29-20(21(25)26)13-16-5-7-17(8-6-16)14-28-22(27)23-18-9-11-19(12-10-18)24(3)4/h5-12,15,20H,13-14H2,1-4H3,(H,23,27)(H,25,26). The van der Waals surface area contributed by atoms with Crippen LogP contribution in [-0.4, -0.2) is 43.5 Å². The van der Waals surface area contributed by atoms with Crippen LogP contribution in [0, 0.1) is 0 Å². The van der Waals surface area contributed by atoms with Crippen LogP contribution in [0.25, 0.3) is 0 Å². The molecule has 2 rings (SSSR count). The maximum Gasteiger partial charge on any atom is 0.411 e. The minimum Gasteiger partial charge on any atom is -0.479 e. The molecule has 0 saturated carbocycles. The Hall–Kier alpha value is -3.06. The lowest BCUT2D eigenvalue weighted by molar-refractivity contribution is -0.153. The molecule has 29 heavy (non-hydrogen) atoms. The molecule has 0 fully saturated rings. The monoisotopic (exact) mass is 400 g/mol. The Labute approximate surface area is 171 Å². The predicted molar refractivity (Wildman–Crippen MR) is 112 cm³/mol. The Morgan fingerprint density at radius 3 is 2.10 bits per heavy atom. The Morgan fingerprint density at radius 1 is 1.00 bits per heavy atom. The fraction of sp³-hybridized carbons (Fsp3) is 0.364. The van der Waals surface area contributed by atoms with Gasteiger partial charge in [-0.25, -0.2) is 9.59 Å². The molecule has 0 aromatic heterocycles. The summed E-state index contributed by atoms with van der Waals surface area (Å²) in [6.07, 6.45) is -1.32. The molecule has 2 aromatic carbocycles. The van der Waals surface area contributed by atoms with Crippen molar-refractivity contribution in [2.24, 2.45) is 0 Å². The smallest absolute Gasteiger partial charge is 0.411 e. The number of carboxylic acid groups (broad SMARTS) is 1. The maximum absolute atomic E-state index is 12.0. The van der Waals surface area contributed by atoms with E-state index in [-0.39, 0.29) is 19.1 Å². The van der Waals surface area contributed by atoms with Crippen LogP contribution >= 0.6 is 0 Å². The van der Waals surface area contributed by atoms with Crippen molar-refractivity contribution >= 4 is 23.4 Å². The van der Waals surface area contributed by atoms with E-state index in [9.17, 15) is 14.7 Å². The highest BCUT2D eigenvalue weighted by molar-refractivity contribution is 5.84. The minimum absolute atomic E-state index is 0.118. The molecule has 7 nitrogen and oxygen atoms in total. The average molecular weight is 400 g/mol. The third-order valence-electron chi connectivity index (χ3n) is 4.16. The Kier molecular flexibility index (Phi) is 8.03. The number of aliphatic carboxylic acids is 1. The number of rotatable bonds is 9. The summed E-state index contributed by atoms with van der Waals surface area (Å²) in [7, 11) is 3.89. The fourth-order valence-electron chi connectivity index (χ4n) is 2.65. The first-order chi connectivity index (χ1) is 13.7. The zero-order valence-corrected chi connectivity index (χ0v) is 17.2. The van der Waals surface area contributed by atoms with Gasteiger partial charge in [0.05, 0.1) is 6.10 Å². The van der Waals surface area contributed by atoms with E-state index in [1.165, 1.54) is 0 Å². The number of carboxylic acids is 1. The van der Waals surface area contributed by atoms with Crippen LogP contribution in [-0.2, 0) is 27.3 Å². The lowest BCUT2D eigenvalue weighted by Gasteiger charge is -2.16. The number of carbonyl (C=O) groups excluding carboxylic acids is 1. The molecule has 1 atom stereocenters. The van der Waals surface area contributed by atoms with E-state index in [1.807, 2.05) is 67.5 Å². The molecule has 2 aromatic rings. The zero-order valence-electron chi connectivity index (χ0n) is 17.2. The first-order valence-corrected chi connectivity index (χ1v) is 9.42. The van der Waals surface area contributed by atoms with E-state index >= 15 is 0 Å². The van der Waals surface area contributed by atoms with Crippen LogP contribution in [0.3, 0.4) is 0 Å². The lowest BCUT2D eigenvalue weighted by atomic mass is 10.1. The van der Waals surface area contributed by atoms with E-state index in [0.717, 1.165) is 16.8 Å². The van der Waals surface area contributed by atoms with Crippen LogP contribution in [0.5, 0.6) is 0 Å². The molecule has 0 aliphatic carbocycles. The summed E-state index contributed by atoms with van der Waals surface area (Å²) < 4.78 is 10.7. The Balaban J connectivity index is 1.84. The summed E-state index contributed by atoms with van der Waals surface area (Å²) in [5.41, 5.74) is 3.34. The van der Waals surface area contributed by atoms with Gasteiger partial charge < -0.3 is 19.5 Å². The van der Waals surface area contributed by atoms with Crippen molar-refractivity contribution in [3.05, 3.63) is 59.7 Å². The number of carbonyl (C=O) groups is 2. The van der Waals surface area contributed by atoms with Gasteiger partial charge >= 0.3 is 12.1 Å². The van der Waals surface area contributed by atoms with Gasteiger partial charge in [-0.3, -0.25) is 5.32 Å². The fourth-order valence-corrected chi connectivity index (χ4v) is 2.65. The van der Waals surface area contributed by atoms with Crippen molar-refractivity contribution in [3.63, 3.8) is 0 Å². The third kappa shape index (κ3) is 7.46. The molecule has 7 heteroatoms. The molecule has 1 unspecified atom stereocenters. The van der Waals surface area contributed by atoms with E-state index in [1.54, 1.807) is 13.8 Å². The summed E-state index contributed by atoms with van der Waals surface area (Å²) in [6.45, 7) is 3.73. The number of hydrogen-bond donors (Lipinski definition) is 2. The van der Waals surface area contributed by atoms with E-state index in [4.69, 9.17) is 9.47 Å². The van der Waals surface area contributed by atoms with Crippen LogP contribution in [0.1, 0.15) is 25.0 Å². The van der Waals surface area contributed by atoms with Crippen molar-refractivity contribution in [1.82, 2.24) is 0 Å². The van der Waals surface area contributed by atoms with Crippen molar-refractivity contribution in [2.75, 3.05) is 24.3 Å². The molecule has 156 valence electrons. The number of amides is 1. The second-order valence-corrected chi connectivity index (χ2v) is 7.17. The third-order valence-corrected chi connectivity index (χ3v) is 4.16. The Bertz CT molecular complexity index is 801. The van der Waals surface area contributed by atoms with Crippen LogP contribution < -0.4 is 10.2 Å². The van der Waals surface area contributed by atoms with E-state index in [2.05, 4.69) is 5.32 Å². The van der Waals surface area contributed by atoms with Crippen LogP contribution in [0.4, 0.5) is 16.2 Å². The van der Waals surface area contributed by atoms with Gasteiger partial charge in [0.1, 0.15) is 6.61 Å². The molecule has 1 amide bonds. The molecular weight excluding hydrogens is 372 g/mol. The molecule has 0 bridgehead atoms. The van der Waals surface area contributed by atoms with Gasteiger partial charge in [-0.05, 0) is 49.2 Å². The van der Waals surface area contributed by atoms with Gasteiger partial charge in [-0.15, -0.1) is 0 Å². The number of nitrogens with zero attached hydrogens (tertiary/aromatic N) is 1. The van der Waals surface area contributed by atoms with Crippen LogP contribution in [0.15, 0.2) is 48.5 Å². The first-order valence-electron chi connectivity index (χ1n) is 9.42. The highest BCUT2D eigenvalue weighted by Gasteiger charge is 2.20. The number of ether oxygens (including phenoxy) is 2. The number of benzene rings is 2. The summed E-state index contributed by atoms with van der Waals surface area (Å²) in [4.78, 5) is 25.2. The van der Waals surface area contributed by atoms with E-state index < -0.39 is 18.2 Å². The topological polar surface area (TPSA) is 88.1 Å². The molecule has 0 radical (unpaired) electrons. The number of anilines is 2. The van der Waals surface area contributed by atoms with Crippen molar-refractivity contribution < 1.29 is 24.2 Å². The minimum atomic E-state index is -0.985. The summed E-state index contributed by atoms with van der Waals surface area (Å²) in [5.74, 6) is -0.985. The normalized spacial score (nSPS) is 11.8. The van der Waals surface area contributed by atoms with Gasteiger partial charge in [0.15, 0.2) is 6.10 Å². The zero-order chi connectivity index (χ0) is 21.4. The lowest BCUT2D eigenvalue weighted by Crippen LogP contribution is -2.29. The van der Waals surface area contributed by atoms with Crippen molar-refractivity contribution in [1.29, 1.82) is 0 Å². The van der Waals surface area contributed by atoms with Gasteiger partial charge in [0.25, 0.3) is 0 Å². The van der Waals surface area contributed by atoms with Gasteiger partial charge in [0, 0.05) is 31.9 Å². The van der Waals surface area contributed by atoms with Gasteiger partial charge in [-0.1, -0.05) is 24.3 Å². The second-order valence-electron chi connectivity index (χ2n) is 7.17. The number of hydrogen-bond acceptors (Lipinski definition) is 5. The molecular formula is C22H28N2O5.